The Labute approximate surface area is 115 Å². The summed E-state index contributed by atoms with van der Waals surface area (Å²) >= 11 is 0. The van der Waals surface area contributed by atoms with E-state index in [1.807, 2.05) is 18.0 Å². The fourth-order valence-corrected chi connectivity index (χ4v) is 2.87. The van der Waals surface area contributed by atoms with Crippen LogP contribution in [0.15, 0.2) is 24.3 Å². The molecular formula is C16H24N2O. The molecule has 0 unspecified atom stereocenters. The number of amides is 1. The summed E-state index contributed by atoms with van der Waals surface area (Å²) < 4.78 is 0. The molecule has 1 fully saturated rings. The second kappa shape index (κ2) is 6.20. The summed E-state index contributed by atoms with van der Waals surface area (Å²) in [6.07, 6.45) is 3.82. The van der Waals surface area contributed by atoms with E-state index in [1.165, 1.54) is 11.1 Å². The van der Waals surface area contributed by atoms with Gasteiger partial charge in [0.05, 0.1) is 0 Å². The van der Waals surface area contributed by atoms with Crippen molar-refractivity contribution >= 4 is 5.91 Å². The third-order valence-electron chi connectivity index (χ3n) is 3.97. The highest BCUT2D eigenvalue weighted by molar-refractivity contribution is 5.76. The number of nitrogens with two attached hydrogens (primary N) is 1. The van der Waals surface area contributed by atoms with Gasteiger partial charge in [-0.25, -0.2) is 0 Å². The van der Waals surface area contributed by atoms with E-state index in [0.717, 1.165) is 19.3 Å². The minimum atomic E-state index is 0.237. The average Bonchev–Trinajstić information content (AvgIpc) is 2.74. The summed E-state index contributed by atoms with van der Waals surface area (Å²) in [6, 6.07) is 8.63. The first-order valence-electron chi connectivity index (χ1n) is 7.09. The normalized spacial score (nSPS) is 22.5. The van der Waals surface area contributed by atoms with Crippen LogP contribution in [-0.4, -0.2) is 23.9 Å². The zero-order valence-corrected chi connectivity index (χ0v) is 11.9. The smallest absolute Gasteiger partial charge is 0.222 e. The van der Waals surface area contributed by atoms with E-state index in [0.29, 0.717) is 24.9 Å². The Morgan fingerprint density at radius 2 is 2.21 bits per heavy atom. The molecule has 1 amide bonds. The molecule has 1 aliphatic carbocycles. The van der Waals surface area contributed by atoms with Crippen LogP contribution in [0.5, 0.6) is 0 Å². The average molecular weight is 260 g/mol. The zero-order chi connectivity index (χ0) is 13.8. The van der Waals surface area contributed by atoms with Gasteiger partial charge in [-0.3, -0.25) is 4.79 Å². The Balaban J connectivity index is 1.85. The molecule has 2 rings (SSSR count). The molecule has 3 heteroatoms. The molecule has 104 valence electrons. The fraction of sp³-hybridized carbons (Fsp3) is 0.562. The topological polar surface area (TPSA) is 46.3 Å². The van der Waals surface area contributed by atoms with Crippen LogP contribution < -0.4 is 5.73 Å². The lowest BCUT2D eigenvalue weighted by molar-refractivity contribution is -0.131. The van der Waals surface area contributed by atoms with Crippen LogP contribution >= 0.6 is 0 Å². The maximum Gasteiger partial charge on any atom is 0.222 e. The number of nitrogens with zero attached hydrogens (tertiary/aromatic N) is 1. The molecule has 2 N–H and O–H groups in total. The number of benzene rings is 1. The van der Waals surface area contributed by atoms with Gasteiger partial charge in [0.1, 0.15) is 0 Å². The Kier molecular flexibility index (Phi) is 4.59. The van der Waals surface area contributed by atoms with Crippen LogP contribution in [0, 0.1) is 12.8 Å². The van der Waals surface area contributed by atoms with E-state index in [4.69, 9.17) is 5.73 Å². The van der Waals surface area contributed by atoms with Gasteiger partial charge in [0.25, 0.3) is 0 Å². The van der Waals surface area contributed by atoms with Gasteiger partial charge >= 0.3 is 0 Å². The number of carbonyl (C=O) groups is 1. The summed E-state index contributed by atoms with van der Waals surface area (Å²) in [5.41, 5.74) is 8.32. The molecule has 0 bridgehead atoms. The van der Waals surface area contributed by atoms with Crippen molar-refractivity contribution in [3.05, 3.63) is 35.4 Å². The van der Waals surface area contributed by atoms with Crippen LogP contribution in [0.3, 0.4) is 0 Å². The first-order valence-corrected chi connectivity index (χ1v) is 7.09. The van der Waals surface area contributed by atoms with Crippen molar-refractivity contribution in [2.45, 2.75) is 45.2 Å². The number of aryl methyl sites for hydroxylation is 1. The number of carbonyl (C=O) groups excluding carboxylic acids is 1. The van der Waals surface area contributed by atoms with Crippen molar-refractivity contribution in [3.63, 3.8) is 0 Å². The lowest BCUT2D eigenvalue weighted by Gasteiger charge is -2.19. The molecule has 3 nitrogen and oxygen atoms in total. The van der Waals surface area contributed by atoms with Crippen molar-refractivity contribution < 1.29 is 4.79 Å². The quantitative estimate of drug-likeness (QED) is 0.904. The van der Waals surface area contributed by atoms with E-state index in [-0.39, 0.29) is 5.91 Å². The Hall–Kier alpha value is -1.35. The Bertz CT molecular complexity index is 444. The predicted octanol–water partition coefficient (Wildman–Crippen LogP) is 2.47. The van der Waals surface area contributed by atoms with Gasteiger partial charge in [-0.2, -0.15) is 0 Å². The van der Waals surface area contributed by atoms with E-state index in [9.17, 15) is 4.79 Å². The molecule has 0 spiro atoms. The van der Waals surface area contributed by atoms with E-state index in [1.54, 1.807) is 0 Å². The van der Waals surface area contributed by atoms with Gasteiger partial charge in [0.2, 0.25) is 5.91 Å². The lowest BCUT2D eigenvalue weighted by atomic mass is 10.0. The van der Waals surface area contributed by atoms with Gasteiger partial charge in [0.15, 0.2) is 0 Å². The molecule has 1 aromatic rings. The van der Waals surface area contributed by atoms with Crippen LogP contribution in [0.25, 0.3) is 0 Å². The van der Waals surface area contributed by atoms with Crippen molar-refractivity contribution in [2.24, 2.45) is 11.7 Å². The summed E-state index contributed by atoms with van der Waals surface area (Å²) in [6.45, 7) is 2.77. The predicted molar refractivity (Wildman–Crippen MR) is 77.6 cm³/mol. The number of hydrogen-bond acceptors (Lipinski definition) is 2. The van der Waals surface area contributed by atoms with Gasteiger partial charge < -0.3 is 10.6 Å². The molecule has 19 heavy (non-hydrogen) atoms. The fourth-order valence-electron chi connectivity index (χ4n) is 2.87. The van der Waals surface area contributed by atoms with Crippen molar-refractivity contribution in [1.82, 2.24) is 4.90 Å². The molecule has 0 aromatic heterocycles. The molecule has 1 saturated carbocycles. The third-order valence-corrected chi connectivity index (χ3v) is 3.97. The van der Waals surface area contributed by atoms with Crippen LogP contribution in [-0.2, 0) is 11.3 Å². The molecule has 0 heterocycles. The first-order chi connectivity index (χ1) is 9.04. The Morgan fingerprint density at radius 3 is 2.84 bits per heavy atom. The summed E-state index contributed by atoms with van der Waals surface area (Å²) in [7, 11) is 1.89. The summed E-state index contributed by atoms with van der Waals surface area (Å²) in [4.78, 5) is 14.0. The molecule has 1 aromatic carbocycles. The van der Waals surface area contributed by atoms with Crippen LogP contribution in [0.4, 0.5) is 0 Å². The van der Waals surface area contributed by atoms with Crippen LogP contribution in [0.1, 0.15) is 36.8 Å². The number of hydrogen-bond donors (Lipinski definition) is 1. The van der Waals surface area contributed by atoms with Gasteiger partial charge in [0, 0.05) is 26.1 Å². The van der Waals surface area contributed by atoms with Gasteiger partial charge in [-0.1, -0.05) is 29.8 Å². The maximum atomic E-state index is 12.2. The van der Waals surface area contributed by atoms with Gasteiger partial charge in [-0.05, 0) is 37.7 Å². The molecule has 0 aliphatic heterocycles. The highest BCUT2D eigenvalue weighted by atomic mass is 16.2. The molecule has 0 saturated heterocycles. The molecule has 2 atom stereocenters. The highest BCUT2D eigenvalue weighted by Crippen LogP contribution is 2.27. The SMILES string of the molecule is Cc1cccc(CN(C)C(=O)C[C@@H]2CC[C@H](N)C2)c1. The second-order valence-electron chi connectivity index (χ2n) is 5.88. The van der Waals surface area contributed by atoms with Crippen molar-refractivity contribution in [3.8, 4) is 0 Å². The maximum absolute atomic E-state index is 12.2. The summed E-state index contributed by atoms with van der Waals surface area (Å²) in [5, 5.41) is 0. The standard InChI is InChI=1S/C16H24N2O/c1-12-4-3-5-14(8-12)11-18(2)16(19)10-13-6-7-15(17)9-13/h3-5,8,13,15H,6-7,9-11,17H2,1-2H3/t13-,15+/m1/s1. The van der Waals surface area contributed by atoms with E-state index < -0.39 is 0 Å². The third kappa shape index (κ3) is 4.06. The van der Waals surface area contributed by atoms with Crippen molar-refractivity contribution in [1.29, 1.82) is 0 Å². The minimum absolute atomic E-state index is 0.237. The van der Waals surface area contributed by atoms with Crippen molar-refractivity contribution in [2.75, 3.05) is 7.05 Å². The Morgan fingerprint density at radius 1 is 1.42 bits per heavy atom. The van der Waals surface area contributed by atoms with Crippen LogP contribution in [0.2, 0.25) is 0 Å². The minimum Gasteiger partial charge on any atom is -0.341 e. The van der Waals surface area contributed by atoms with Gasteiger partial charge in [-0.15, -0.1) is 0 Å². The first kappa shape index (κ1) is 14.1. The monoisotopic (exact) mass is 260 g/mol. The van der Waals surface area contributed by atoms with E-state index in [2.05, 4.69) is 25.1 Å². The molecule has 1 aliphatic rings. The molecule has 0 radical (unpaired) electrons. The summed E-state index contributed by atoms with van der Waals surface area (Å²) in [5.74, 6) is 0.725. The largest absolute Gasteiger partial charge is 0.341 e. The molecular weight excluding hydrogens is 236 g/mol. The number of rotatable bonds is 4. The highest BCUT2D eigenvalue weighted by Gasteiger charge is 2.25. The second-order valence-corrected chi connectivity index (χ2v) is 5.88. The zero-order valence-electron chi connectivity index (χ0n) is 11.9. The lowest BCUT2D eigenvalue weighted by Crippen LogP contribution is -2.28. The van der Waals surface area contributed by atoms with E-state index >= 15 is 0 Å².